The Bertz CT molecular complexity index is 625. The van der Waals surface area contributed by atoms with Crippen LogP contribution in [0.5, 0.6) is 0 Å². The highest BCUT2D eigenvalue weighted by Crippen LogP contribution is 2.22. The molecule has 4 nitrogen and oxygen atoms in total. The van der Waals surface area contributed by atoms with Gasteiger partial charge in [0.1, 0.15) is 0 Å². The summed E-state index contributed by atoms with van der Waals surface area (Å²) in [5, 5.41) is 5.22. The molecule has 20 heavy (non-hydrogen) atoms. The maximum Gasteiger partial charge on any atom is 0.255 e. The van der Waals surface area contributed by atoms with Crippen LogP contribution in [0, 0.1) is 0 Å². The third-order valence-corrected chi connectivity index (χ3v) is 3.48. The van der Waals surface area contributed by atoms with Crippen molar-refractivity contribution >= 4 is 29.1 Å². The predicted molar refractivity (Wildman–Crippen MR) is 80.2 cm³/mol. The van der Waals surface area contributed by atoms with Crippen LogP contribution in [0.3, 0.4) is 0 Å². The second-order valence-corrected chi connectivity index (χ2v) is 5.29. The second kappa shape index (κ2) is 6.29. The van der Waals surface area contributed by atoms with Crippen LogP contribution in [0.4, 0.5) is 0 Å². The number of aromatic nitrogens is 2. The van der Waals surface area contributed by atoms with Crippen LogP contribution >= 0.6 is 23.2 Å². The van der Waals surface area contributed by atoms with E-state index in [9.17, 15) is 4.79 Å². The average molecular weight is 312 g/mol. The second-order valence-electron chi connectivity index (χ2n) is 4.45. The summed E-state index contributed by atoms with van der Waals surface area (Å²) in [6.45, 7) is 3.25. The molecule has 2 aromatic rings. The Hall–Kier alpha value is -1.52. The number of nitrogens with zero attached hydrogens (tertiary/aromatic N) is 3. The Morgan fingerprint density at radius 3 is 2.70 bits per heavy atom. The molecule has 0 atom stereocenters. The molecular weight excluding hydrogens is 297 g/mol. The van der Waals surface area contributed by atoms with Crippen LogP contribution < -0.4 is 0 Å². The van der Waals surface area contributed by atoms with Crippen LogP contribution in [-0.4, -0.2) is 27.6 Å². The van der Waals surface area contributed by atoms with E-state index in [1.807, 2.05) is 23.9 Å². The minimum atomic E-state index is -0.155. The lowest BCUT2D eigenvalue weighted by Crippen LogP contribution is -2.26. The molecular formula is C14H15Cl2N3O. The molecule has 0 unspecified atom stereocenters. The van der Waals surface area contributed by atoms with Crippen molar-refractivity contribution < 1.29 is 4.79 Å². The summed E-state index contributed by atoms with van der Waals surface area (Å²) in [7, 11) is 1.72. The standard InChI is InChI=1S/C14H15Cl2N3O/c1-3-19-7-6-11(17-19)9-18(2)14(20)12-5-4-10(15)8-13(12)16/h4-8H,3,9H2,1-2H3. The first-order chi connectivity index (χ1) is 9.51. The van der Waals surface area contributed by atoms with Crippen molar-refractivity contribution in [3.63, 3.8) is 0 Å². The van der Waals surface area contributed by atoms with Gasteiger partial charge in [0.15, 0.2) is 0 Å². The fourth-order valence-electron chi connectivity index (χ4n) is 1.85. The first-order valence-corrected chi connectivity index (χ1v) is 6.99. The van der Waals surface area contributed by atoms with Crippen molar-refractivity contribution in [3.8, 4) is 0 Å². The fraction of sp³-hybridized carbons (Fsp3) is 0.286. The van der Waals surface area contributed by atoms with Crippen molar-refractivity contribution in [1.82, 2.24) is 14.7 Å². The van der Waals surface area contributed by atoms with E-state index in [1.54, 1.807) is 30.1 Å². The van der Waals surface area contributed by atoms with Crippen molar-refractivity contribution in [1.29, 1.82) is 0 Å². The quantitative estimate of drug-likeness (QED) is 0.867. The van der Waals surface area contributed by atoms with Gasteiger partial charge in [0.2, 0.25) is 0 Å². The summed E-state index contributed by atoms with van der Waals surface area (Å²) in [4.78, 5) is 13.9. The summed E-state index contributed by atoms with van der Waals surface area (Å²) < 4.78 is 1.82. The summed E-state index contributed by atoms with van der Waals surface area (Å²) in [6, 6.07) is 6.75. The zero-order chi connectivity index (χ0) is 14.7. The molecule has 0 spiro atoms. The van der Waals surface area contributed by atoms with Gasteiger partial charge in [0, 0.05) is 24.8 Å². The van der Waals surface area contributed by atoms with Crippen LogP contribution in [0.25, 0.3) is 0 Å². The Labute approximate surface area is 127 Å². The molecule has 0 bridgehead atoms. The van der Waals surface area contributed by atoms with Gasteiger partial charge in [-0.05, 0) is 31.2 Å². The lowest BCUT2D eigenvalue weighted by Gasteiger charge is -2.16. The zero-order valence-corrected chi connectivity index (χ0v) is 12.8. The number of rotatable bonds is 4. The Morgan fingerprint density at radius 2 is 2.10 bits per heavy atom. The molecule has 6 heteroatoms. The maximum atomic E-state index is 12.3. The van der Waals surface area contributed by atoms with Crippen molar-refractivity contribution in [3.05, 3.63) is 51.8 Å². The molecule has 0 aliphatic rings. The van der Waals surface area contributed by atoms with Gasteiger partial charge in [-0.1, -0.05) is 23.2 Å². The van der Waals surface area contributed by atoms with Gasteiger partial charge < -0.3 is 4.90 Å². The van der Waals surface area contributed by atoms with Crippen LogP contribution in [0.15, 0.2) is 30.5 Å². The highest BCUT2D eigenvalue weighted by Gasteiger charge is 2.16. The Morgan fingerprint density at radius 1 is 1.35 bits per heavy atom. The average Bonchev–Trinajstić information content (AvgIpc) is 2.85. The van der Waals surface area contributed by atoms with E-state index in [1.165, 1.54) is 0 Å². The smallest absolute Gasteiger partial charge is 0.255 e. The van der Waals surface area contributed by atoms with Gasteiger partial charge in [-0.25, -0.2) is 0 Å². The predicted octanol–water partition coefficient (Wildman–Crippen LogP) is 3.48. The molecule has 0 fully saturated rings. The van der Waals surface area contributed by atoms with Crippen LogP contribution in [0.1, 0.15) is 23.0 Å². The SMILES string of the molecule is CCn1ccc(CN(C)C(=O)c2ccc(Cl)cc2Cl)n1. The van der Waals surface area contributed by atoms with E-state index in [0.717, 1.165) is 12.2 Å². The van der Waals surface area contributed by atoms with E-state index in [2.05, 4.69) is 5.10 Å². The van der Waals surface area contributed by atoms with E-state index < -0.39 is 0 Å². The number of amides is 1. The maximum absolute atomic E-state index is 12.3. The van der Waals surface area contributed by atoms with Gasteiger partial charge in [0.25, 0.3) is 5.91 Å². The highest BCUT2D eigenvalue weighted by molar-refractivity contribution is 6.36. The molecule has 0 saturated carbocycles. The summed E-state index contributed by atoms with van der Waals surface area (Å²) in [5.41, 5.74) is 1.28. The minimum Gasteiger partial charge on any atom is -0.336 e. The van der Waals surface area contributed by atoms with Gasteiger partial charge >= 0.3 is 0 Å². The monoisotopic (exact) mass is 311 g/mol. The van der Waals surface area contributed by atoms with Crippen molar-refractivity contribution in [2.24, 2.45) is 0 Å². The van der Waals surface area contributed by atoms with E-state index in [0.29, 0.717) is 22.2 Å². The molecule has 0 radical (unpaired) electrons. The molecule has 1 aromatic carbocycles. The molecule has 0 aliphatic heterocycles. The first-order valence-electron chi connectivity index (χ1n) is 6.24. The molecule has 0 N–H and O–H groups in total. The number of carbonyl (C=O) groups excluding carboxylic acids is 1. The van der Waals surface area contributed by atoms with Crippen molar-refractivity contribution in [2.75, 3.05) is 7.05 Å². The summed E-state index contributed by atoms with van der Waals surface area (Å²) in [5.74, 6) is -0.155. The largest absolute Gasteiger partial charge is 0.336 e. The third-order valence-electron chi connectivity index (χ3n) is 2.93. The topological polar surface area (TPSA) is 38.1 Å². The molecule has 1 heterocycles. The van der Waals surface area contributed by atoms with Gasteiger partial charge in [-0.3, -0.25) is 9.48 Å². The Kier molecular flexibility index (Phi) is 4.68. The van der Waals surface area contributed by atoms with Gasteiger partial charge in [-0.2, -0.15) is 5.10 Å². The molecule has 0 aliphatic carbocycles. The van der Waals surface area contributed by atoms with E-state index in [-0.39, 0.29) is 5.91 Å². The zero-order valence-electron chi connectivity index (χ0n) is 11.3. The summed E-state index contributed by atoms with van der Waals surface area (Å²) >= 11 is 11.9. The normalized spacial score (nSPS) is 10.6. The third kappa shape index (κ3) is 3.32. The lowest BCUT2D eigenvalue weighted by atomic mass is 10.2. The van der Waals surface area contributed by atoms with Gasteiger partial charge in [-0.15, -0.1) is 0 Å². The first kappa shape index (κ1) is 14.9. The highest BCUT2D eigenvalue weighted by atomic mass is 35.5. The summed E-state index contributed by atoms with van der Waals surface area (Å²) in [6.07, 6.45) is 1.89. The van der Waals surface area contributed by atoms with Gasteiger partial charge in [0.05, 0.1) is 22.8 Å². The number of hydrogen-bond donors (Lipinski definition) is 0. The van der Waals surface area contributed by atoms with E-state index >= 15 is 0 Å². The number of hydrogen-bond acceptors (Lipinski definition) is 2. The Balaban J connectivity index is 2.12. The number of carbonyl (C=O) groups is 1. The molecule has 0 saturated heterocycles. The molecule has 2 rings (SSSR count). The van der Waals surface area contributed by atoms with Crippen molar-refractivity contribution in [2.45, 2.75) is 20.0 Å². The fourth-order valence-corrected chi connectivity index (χ4v) is 2.34. The number of halogens is 2. The van der Waals surface area contributed by atoms with Crippen LogP contribution in [-0.2, 0) is 13.1 Å². The number of aryl methyl sites for hydroxylation is 1. The van der Waals surface area contributed by atoms with E-state index in [4.69, 9.17) is 23.2 Å². The number of benzene rings is 1. The molecule has 1 aromatic heterocycles. The van der Waals surface area contributed by atoms with Crippen LogP contribution in [0.2, 0.25) is 10.0 Å². The lowest BCUT2D eigenvalue weighted by molar-refractivity contribution is 0.0783. The minimum absolute atomic E-state index is 0.155. The molecule has 106 valence electrons. The molecule has 1 amide bonds.